The monoisotopic (exact) mass is 327 g/mol. The highest BCUT2D eigenvalue weighted by atomic mass is 31.1. The molecule has 2 heterocycles. The highest BCUT2D eigenvalue weighted by Crippen LogP contribution is 2.20. The van der Waals surface area contributed by atoms with Crippen molar-refractivity contribution in [2.75, 3.05) is 25.6 Å². The van der Waals surface area contributed by atoms with Crippen LogP contribution in [0.15, 0.2) is 11.1 Å². The largest absolute Gasteiger partial charge is 0.378 e. The molecule has 0 radical (unpaired) electrons. The lowest BCUT2D eigenvalue weighted by atomic mass is 10.2. The Morgan fingerprint density at radius 2 is 2.32 bits per heavy atom. The summed E-state index contributed by atoms with van der Waals surface area (Å²) < 4.78 is 23.0. The molecule has 0 unspecified atom stereocenters. The van der Waals surface area contributed by atoms with Gasteiger partial charge in [-0.05, 0) is 6.92 Å². The summed E-state index contributed by atoms with van der Waals surface area (Å²) >= 11 is 0. The predicted molar refractivity (Wildman–Crippen MR) is 81.1 cm³/mol. The van der Waals surface area contributed by atoms with Gasteiger partial charge in [0.15, 0.2) is 19.6 Å². The normalized spacial score (nSPS) is 14.5. The SMILES string of the molecule is CO[C@H](C[C@H](C)OCCP=O)n1cnc2c(=O)[nH]c(N)nc21. The van der Waals surface area contributed by atoms with E-state index in [1.807, 2.05) is 6.92 Å². The van der Waals surface area contributed by atoms with E-state index in [0.717, 1.165) is 0 Å². The van der Waals surface area contributed by atoms with Gasteiger partial charge in [-0.15, -0.1) is 0 Å². The molecule has 9 nitrogen and oxygen atoms in total. The number of ether oxygens (including phenoxy) is 2. The van der Waals surface area contributed by atoms with Gasteiger partial charge in [0.05, 0.1) is 25.2 Å². The lowest BCUT2D eigenvalue weighted by Gasteiger charge is -2.21. The summed E-state index contributed by atoms with van der Waals surface area (Å²) in [6.45, 7) is 2.29. The van der Waals surface area contributed by atoms with E-state index < -0.39 is 11.8 Å². The molecule has 2 atom stereocenters. The van der Waals surface area contributed by atoms with Crippen LogP contribution in [0.4, 0.5) is 5.95 Å². The molecule has 0 aliphatic rings. The number of aromatic amines is 1. The number of aromatic nitrogens is 4. The van der Waals surface area contributed by atoms with Crippen molar-refractivity contribution >= 4 is 25.6 Å². The Hall–Kier alpha value is -1.83. The number of nitrogen functional groups attached to an aromatic ring is 1. The number of hydrogen-bond acceptors (Lipinski definition) is 7. The van der Waals surface area contributed by atoms with Crippen LogP contribution in [0.25, 0.3) is 11.2 Å². The number of nitrogens with zero attached hydrogens (tertiary/aromatic N) is 3. The second-order valence-electron chi connectivity index (χ2n) is 4.74. The minimum atomic E-state index is -0.404. The van der Waals surface area contributed by atoms with Gasteiger partial charge in [0.2, 0.25) is 5.95 Å². The average Bonchev–Trinajstić information content (AvgIpc) is 2.89. The first-order valence-corrected chi connectivity index (χ1v) is 7.72. The molecule has 0 aromatic carbocycles. The van der Waals surface area contributed by atoms with Gasteiger partial charge < -0.3 is 15.2 Å². The number of rotatable bonds is 8. The molecule has 0 aliphatic carbocycles. The van der Waals surface area contributed by atoms with E-state index in [9.17, 15) is 9.36 Å². The van der Waals surface area contributed by atoms with Crippen LogP contribution in [0.2, 0.25) is 0 Å². The molecule has 0 aliphatic heterocycles. The zero-order valence-electron chi connectivity index (χ0n) is 12.4. The highest BCUT2D eigenvalue weighted by Gasteiger charge is 2.19. The first-order chi connectivity index (χ1) is 10.6. The molecular weight excluding hydrogens is 309 g/mol. The Morgan fingerprint density at radius 3 is 3.00 bits per heavy atom. The van der Waals surface area contributed by atoms with Crippen molar-refractivity contribution in [3.63, 3.8) is 0 Å². The summed E-state index contributed by atoms with van der Waals surface area (Å²) in [4.78, 5) is 22.3. The van der Waals surface area contributed by atoms with E-state index in [1.54, 1.807) is 11.7 Å². The third-order valence-corrected chi connectivity index (χ3v) is 3.52. The summed E-state index contributed by atoms with van der Waals surface area (Å²) in [5.74, 6) is 0.0212. The molecular formula is C12H18N5O4P. The molecule has 2 aromatic rings. The van der Waals surface area contributed by atoms with Crippen LogP contribution in [0, 0.1) is 0 Å². The average molecular weight is 327 g/mol. The van der Waals surface area contributed by atoms with Crippen LogP contribution in [0.1, 0.15) is 19.6 Å². The van der Waals surface area contributed by atoms with Gasteiger partial charge in [0, 0.05) is 13.5 Å². The standard InChI is InChI=1S/C12H18N5O4P/c1-7(21-3-4-22-19)5-8(20-2)17-6-14-9-10(17)15-12(13)16-11(9)18/h6-8H,3-5H2,1-2H3,(H3,13,15,16,18)/t7-,8+/m0/s1. The summed E-state index contributed by atoms with van der Waals surface area (Å²) in [6.07, 6.45) is 1.93. The van der Waals surface area contributed by atoms with Crippen molar-refractivity contribution in [2.24, 2.45) is 0 Å². The van der Waals surface area contributed by atoms with Crippen LogP contribution in [-0.4, -0.2) is 45.5 Å². The first-order valence-electron chi connectivity index (χ1n) is 6.72. The van der Waals surface area contributed by atoms with E-state index in [2.05, 4.69) is 15.0 Å². The van der Waals surface area contributed by atoms with E-state index >= 15 is 0 Å². The molecule has 0 fully saturated rings. The number of nitrogens with two attached hydrogens (primary N) is 1. The topological polar surface area (TPSA) is 125 Å². The molecule has 0 bridgehead atoms. The second kappa shape index (κ2) is 7.44. The van der Waals surface area contributed by atoms with Crippen molar-refractivity contribution in [2.45, 2.75) is 25.7 Å². The van der Waals surface area contributed by atoms with Gasteiger partial charge in [-0.3, -0.25) is 18.9 Å². The van der Waals surface area contributed by atoms with Crippen molar-refractivity contribution in [1.29, 1.82) is 0 Å². The summed E-state index contributed by atoms with van der Waals surface area (Å²) in [6, 6.07) is 0. The molecule has 0 spiro atoms. The van der Waals surface area contributed by atoms with Gasteiger partial charge in [-0.1, -0.05) is 0 Å². The van der Waals surface area contributed by atoms with E-state index in [1.165, 1.54) is 6.33 Å². The van der Waals surface area contributed by atoms with Crippen LogP contribution in [0.5, 0.6) is 0 Å². The van der Waals surface area contributed by atoms with Gasteiger partial charge in [0.25, 0.3) is 5.56 Å². The Labute approximate surface area is 128 Å². The molecule has 2 aromatic heterocycles. The zero-order chi connectivity index (χ0) is 16.1. The summed E-state index contributed by atoms with van der Waals surface area (Å²) in [7, 11) is 1.61. The molecule has 2 rings (SSSR count). The molecule has 10 heteroatoms. The smallest absolute Gasteiger partial charge is 0.280 e. The maximum absolute atomic E-state index is 11.8. The Kier molecular flexibility index (Phi) is 5.59. The van der Waals surface area contributed by atoms with Crippen molar-refractivity contribution in [3.05, 3.63) is 16.7 Å². The second-order valence-corrected chi connectivity index (χ2v) is 5.44. The molecule has 22 heavy (non-hydrogen) atoms. The fraction of sp³-hybridized carbons (Fsp3) is 0.583. The minimum absolute atomic E-state index is 0.0212. The number of H-pyrrole nitrogens is 1. The lowest BCUT2D eigenvalue weighted by molar-refractivity contribution is -0.0180. The number of anilines is 1. The minimum Gasteiger partial charge on any atom is -0.378 e. The van der Waals surface area contributed by atoms with E-state index in [-0.39, 0.29) is 26.0 Å². The molecule has 3 N–H and O–H groups in total. The Morgan fingerprint density at radius 1 is 1.55 bits per heavy atom. The van der Waals surface area contributed by atoms with E-state index in [4.69, 9.17) is 15.2 Å². The maximum Gasteiger partial charge on any atom is 0.280 e. The van der Waals surface area contributed by atoms with Crippen molar-refractivity contribution < 1.29 is 14.0 Å². The molecule has 0 saturated heterocycles. The van der Waals surface area contributed by atoms with Crippen LogP contribution in [0.3, 0.4) is 0 Å². The van der Waals surface area contributed by atoms with Crippen molar-refractivity contribution in [3.8, 4) is 0 Å². The molecule has 0 saturated carbocycles. The maximum atomic E-state index is 11.8. The summed E-state index contributed by atoms with van der Waals surface area (Å²) in [5.41, 5.74) is 5.74. The van der Waals surface area contributed by atoms with Gasteiger partial charge in [-0.2, -0.15) is 4.98 Å². The van der Waals surface area contributed by atoms with Gasteiger partial charge in [0.1, 0.15) is 6.23 Å². The number of nitrogens with one attached hydrogen (secondary N) is 1. The van der Waals surface area contributed by atoms with E-state index in [0.29, 0.717) is 24.8 Å². The Balaban J connectivity index is 2.20. The number of fused-ring (bicyclic) bond motifs is 1. The van der Waals surface area contributed by atoms with Crippen LogP contribution >= 0.6 is 8.46 Å². The van der Waals surface area contributed by atoms with Crippen LogP contribution in [-0.2, 0) is 14.0 Å². The predicted octanol–water partition coefficient (Wildman–Crippen LogP) is 0.934. The van der Waals surface area contributed by atoms with Gasteiger partial charge >= 0.3 is 0 Å². The number of hydrogen-bond donors (Lipinski definition) is 2. The fourth-order valence-corrected chi connectivity index (χ4v) is 2.30. The Bertz CT molecular complexity index is 700. The third kappa shape index (κ3) is 3.68. The molecule has 0 amide bonds. The zero-order valence-corrected chi connectivity index (χ0v) is 13.2. The fourth-order valence-electron chi connectivity index (χ4n) is 2.12. The first kappa shape index (κ1) is 16.5. The van der Waals surface area contributed by atoms with Crippen molar-refractivity contribution in [1.82, 2.24) is 19.5 Å². The van der Waals surface area contributed by atoms with Gasteiger partial charge in [-0.25, -0.2) is 4.98 Å². The highest BCUT2D eigenvalue weighted by molar-refractivity contribution is 7.23. The van der Waals surface area contributed by atoms with Crippen LogP contribution < -0.4 is 11.3 Å². The third-order valence-electron chi connectivity index (χ3n) is 3.15. The number of methoxy groups -OCH3 is 1. The summed E-state index contributed by atoms with van der Waals surface area (Å²) in [5, 5.41) is 0. The lowest BCUT2D eigenvalue weighted by Crippen LogP contribution is -2.20. The molecule has 120 valence electrons. The number of imidazole rings is 1. The quantitative estimate of drug-likeness (QED) is 0.546.